The van der Waals surface area contributed by atoms with Gasteiger partial charge in [0.2, 0.25) is 0 Å². The van der Waals surface area contributed by atoms with Gasteiger partial charge in [0.1, 0.15) is 11.6 Å². The van der Waals surface area contributed by atoms with Crippen molar-refractivity contribution in [1.82, 2.24) is 0 Å². The van der Waals surface area contributed by atoms with E-state index >= 15 is 0 Å². The van der Waals surface area contributed by atoms with E-state index in [2.05, 4.69) is 0 Å². The molecule has 17 heavy (non-hydrogen) atoms. The molecule has 0 aromatic heterocycles. The van der Waals surface area contributed by atoms with Crippen LogP contribution in [0.25, 0.3) is 5.57 Å². The number of thioether (sulfide) groups is 1. The smallest absolute Gasteiger partial charge is 0.151 e. The molecular weight excluding hydrogens is 239 g/mol. The first-order chi connectivity index (χ1) is 8.16. The quantitative estimate of drug-likeness (QED) is 0.628. The van der Waals surface area contributed by atoms with Crippen LogP contribution in [0.5, 0.6) is 5.75 Å². The Labute approximate surface area is 103 Å². The predicted octanol–water partition coefficient (Wildman–Crippen LogP) is 2.62. The molecule has 5 heteroatoms. The lowest BCUT2D eigenvalue weighted by Crippen LogP contribution is -2.09. The van der Waals surface area contributed by atoms with Gasteiger partial charge in [-0.05, 0) is 17.7 Å². The third-order valence-electron chi connectivity index (χ3n) is 2.49. The van der Waals surface area contributed by atoms with E-state index in [9.17, 15) is 4.39 Å². The van der Waals surface area contributed by atoms with Crippen molar-refractivity contribution in [3.05, 3.63) is 35.7 Å². The molecule has 3 N–H and O–H groups in total. The number of nitrogens with one attached hydrogen (secondary N) is 1. The molecule has 1 heterocycles. The summed E-state index contributed by atoms with van der Waals surface area (Å²) in [5.74, 6) is 0.958. The van der Waals surface area contributed by atoms with Gasteiger partial charge in [0.25, 0.3) is 0 Å². The first kappa shape index (κ1) is 12.0. The van der Waals surface area contributed by atoms with Gasteiger partial charge in [-0.1, -0.05) is 17.8 Å². The summed E-state index contributed by atoms with van der Waals surface area (Å²) < 4.78 is 18.4. The first-order valence-corrected chi connectivity index (χ1v) is 6.24. The summed E-state index contributed by atoms with van der Waals surface area (Å²) in [7, 11) is 0. The monoisotopic (exact) mass is 252 g/mol. The van der Waals surface area contributed by atoms with Gasteiger partial charge >= 0.3 is 0 Å². The van der Waals surface area contributed by atoms with E-state index in [1.54, 1.807) is 6.07 Å². The molecule has 3 nitrogen and oxygen atoms in total. The lowest BCUT2D eigenvalue weighted by molar-refractivity contribution is 0.314. The molecule has 0 amide bonds. The molecule has 90 valence electrons. The Kier molecular flexibility index (Phi) is 3.68. The largest absolute Gasteiger partial charge is 0.493 e. The molecule has 1 aromatic carbocycles. The van der Waals surface area contributed by atoms with Crippen LogP contribution in [-0.4, -0.2) is 17.5 Å². The molecule has 0 fully saturated rings. The molecule has 0 spiro atoms. The van der Waals surface area contributed by atoms with E-state index in [1.807, 2.05) is 6.08 Å². The molecule has 2 rings (SSSR count). The number of hydrogen-bond donors (Lipinski definition) is 2. The zero-order chi connectivity index (χ0) is 12.3. The summed E-state index contributed by atoms with van der Waals surface area (Å²) in [5.41, 5.74) is 7.32. The molecule has 1 aliphatic rings. The molecule has 0 atom stereocenters. The number of ether oxygens (including phenoxy) is 1. The highest BCUT2D eigenvalue weighted by Gasteiger charge is 2.15. The van der Waals surface area contributed by atoms with Crippen LogP contribution in [0.2, 0.25) is 0 Å². The van der Waals surface area contributed by atoms with Crippen molar-refractivity contribution >= 4 is 22.5 Å². The van der Waals surface area contributed by atoms with Crippen LogP contribution in [-0.2, 0) is 0 Å². The normalized spacial score (nSPS) is 16.4. The second-order valence-electron chi connectivity index (χ2n) is 3.64. The number of fused-ring (bicyclic) bond motifs is 1. The second-order valence-corrected chi connectivity index (χ2v) is 4.71. The van der Waals surface area contributed by atoms with E-state index in [1.165, 1.54) is 23.9 Å². The number of halogens is 1. The summed E-state index contributed by atoms with van der Waals surface area (Å²) in [6.07, 6.45) is 2.82. The lowest BCUT2D eigenvalue weighted by atomic mass is 10.00. The van der Waals surface area contributed by atoms with Gasteiger partial charge < -0.3 is 10.5 Å². The van der Waals surface area contributed by atoms with Crippen molar-refractivity contribution in [3.8, 4) is 5.75 Å². The van der Waals surface area contributed by atoms with Crippen molar-refractivity contribution in [2.45, 2.75) is 6.42 Å². The molecule has 0 unspecified atom stereocenters. The molecule has 1 aromatic rings. The third kappa shape index (κ3) is 3.00. The lowest BCUT2D eigenvalue weighted by Gasteiger charge is -2.20. The van der Waals surface area contributed by atoms with Gasteiger partial charge in [-0.2, -0.15) is 0 Å². The van der Waals surface area contributed by atoms with Crippen molar-refractivity contribution < 1.29 is 9.13 Å². The molecule has 0 saturated carbocycles. The van der Waals surface area contributed by atoms with Crippen LogP contribution in [0.4, 0.5) is 4.39 Å². The zero-order valence-electron chi connectivity index (χ0n) is 9.20. The highest BCUT2D eigenvalue weighted by Crippen LogP contribution is 2.33. The summed E-state index contributed by atoms with van der Waals surface area (Å²) in [5, 5.41) is 7.23. The molecule has 0 radical (unpaired) electrons. The highest BCUT2D eigenvalue weighted by molar-refractivity contribution is 8.13. The van der Waals surface area contributed by atoms with Crippen molar-refractivity contribution in [2.24, 2.45) is 5.73 Å². The molecule has 0 saturated heterocycles. The number of nitrogens with two attached hydrogens (primary N) is 1. The number of hydrogen-bond acceptors (Lipinski definition) is 3. The van der Waals surface area contributed by atoms with E-state index < -0.39 is 0 Å². The van der Waals surface area contributed by atoms with E-state index in [-0.39, 0.29) is 11.0 Å². The van der Waals surface area contributed by atoms with Crippen LogP contribution in [0.3, 0.4) is 0 Å². The molecule has 0 aliphatic carbocycles. The minimum atomic E-state index is -0.289. The molecule has 0 bridgehead atoms. The number of amidine groups is 1. The maximum Gasteiger partial charge on any atom is 0.151 e. The zero-order valence-corrected chi connectivity index (χ0v) is 10.0. The minimum Gasteiger partial charge on any atom is -0.493 e. The summed E-state index contributed by atoms with van der Waals surface area (Å²) >= 11 is 1.27. The third-order valence-corrected chi connectivity index (χ3v) is 3.13. The molecule has 1 aliphatic heterocycles. The van der Waals surface area contributed by atoms with E-state index in [4.69, 9.17) is 15.9 Å². The van der Waals surface area contributed by atoms with E-state index in [0.717, 1.165) is 17.6 Å². The summed E-state index contributed by atoms with van der Waals surface area (Å²) in [6.45, 7) is 0.563. The Hall–Kier alpha value is -1.49. The van der Waals surface area contributed by atoms with Gasteiger partial charge in [0.05, 0.1) is 6.61 Å². The van der Waals surface area contributed by atoms with Crippen LogP contribution in [0, 0.1) is 11.2 Å². The second kappa shape index (κ2) is 5.23. The standard InChI is InChI=1S/C12H13FN2OS/c13-9-1-2-10-8(4-6-17-12(14)15)3-5-16-11(10)7-9/h1-2,4,7H,3,5-6H2,(H3,14,15). The van der Waals surface area contributed by atoms with Crippen LogP contribution in [0.1, 0.15) is 12.0 Å². The van der Waals surface area contributed by atoms with E-state index in [0.29, 0.717) is 18.1 Å². The fourth-order valence-electron chi connectivity index (χ4n) is 1.73. The predicted molar refractivity (Wildman–Crippen MR) is 68.9 cm³/mol. The number of rotatable bonds is 2. The highest BCUT2D eigenvalue weighted by atomic mass is 32.2. The van der Waals surface area contributed by atoms with Gasteiger partial charge in [-0.25, -0.2) is 4.39 Å². The van der Waals surface area contributed by atoms with Gasteiger partial charge in [-0.3, -0.25) is 5.41 Å². The van der Waals surface area contributed by atoms with Gasteiger partial charge in [0, 0.05) is 23.8 Å². The minimum absolute atomic E-state index is 0.105. The van der Waals surface area contributed by atoms with Crippen molar-refractivity contribution in [3.63, 3.8) is 0 Å². The summed E-state index contributed by atoms with van der Waals surface area (Å²) in [4.78, 5) is 0. The Balaban J connectivity index is 2.19. The SMILES string of the molecule is N=C(N)SCC=C1CCOc2cc(F)ccc21. The van der Waals surface area contributed by atoms with Crippen molar-refractivity contribution in [2.75, 3.05) is 12.4 Å². The maximum atomic E-state index is 13.0. The Bertz CT molecular complexity index is 474. The average molecular weight is 252 g/mol. The van der Waals surface area contributed by atoms with Crippen LogP contribution < -0.4 is 10.5 Å². The van der Waals surface area contributed by atoms with Crippen LogP contribution >= 0.6 is 11.8 Å². The maximum absolute atomic E-state index is 13.0. The Morgan fingerprint density at radius 3 is 3.18 bits per heavy atom. The Morgan fingerprint density at radius 2 is 2.41 bits per heavy atom. The fraction of sp³-hybridized carbons (Fsp3) is 0.250. The average Bonchev–Trinajstić information content (AvgIpc) is 2.28. The summed E-state index contributed by atoms with van der Waals surface area (Å²) in [6, 6.07) is 4.56. The van der Waals surface area contributed by atoms with Crippen molar-refractivity contribution in [1.29, 1.82) is 5.41 Å². The number of benzene rings is 1. The van der Waals surface area contributed by atoms with Gasteiger partial charge in [-0.15, -0.1) is 0 Å². The first-order valence-electron chi connectivity index (χ1n) is 5.25. The van der Waals surface area contributed by atoms with Crippen LogP contribution in [0.15, 0.2) is 24.3 Å². The fourth-order valence-corrected chi connectivity index (χ4v) is 2.19. The van der Waals surface area contributed by atoms with Gasteiger partial charge in [0.15, 0.2) is 5.17 Å². The molecular formula is C12H13FN2OS. The topological polar surface area (TPSA) is 59.1 Å². The Morgan fingerprint density at radius 1 is 1.59 bits per heavy atom.